The summed E-state index contributed by atoms with van der Waals surface area (Å²) in [4.78, 5) is 42.9. The van der Waals surface area contributed by atoms with Gasteiger partial charge in [-0.2, -0.15) is 0 Å². The molecule has 0 radical (unpaired) electrons. The van der Waals surface area contributed by atoms with Gasteiger partial charge in [-0.3, -0.25) is 29.8 Å². The van der Waals surface area contributed by atoms with Gasteiger partial charge in [-0.05, 0) is 43.0 Å². The topological polar surface area (TPSA) is 117 Å². The molecule has 1 saturated heterocycles. The monoisotopic (exact) mass is 460 g/mol. The number of nitrogens with zero attached hydrogens (tertiary/aromatic N) is 2. The molecule has 2 aliphatic heterocycles. The van der Waals surface area contributed by atoms with Crippen LogP contribution in [0.25, 0.3) is 10.9 Å². The third-order valence-electron chi connectivity index (χ3n) is 6.55. The summed E-state index contributed by atoms with van der Waals surface area (Å²) in [5.41, 5.74) is 12.9. The lowest BCUT2D eigenvalue weighted by molar-refractivity contribution is -0.123. The highest BCUT2D eigenvalue weighted by atomic mass is 16.2. The van der Waals surface area contributed by atoms with Gasteiger partial charge in [-0.25, -0.2) is 15.8 Å². The molecule has 9 nitrogen and oxygen atoms in total. The summed E-state index contributed by atoms with van der Waals surface area (Å²) in [7, 11) is 0. The van der Waals surface area contributed by atoms with Crippen LogP contribution in [0.15, 0.2) is 53.3 Å². The van der Waals surface area contributed by atoms with Gasteiger partial charge in [-0.15, -0.1) is 0 Å². The Morgan fingerprint density at radius 1 is 0.971 bits per heavy atom. The third kappa shape index (κ3) is 4.57. The van der Waals surface area contributed by atoms with E-state index in [0.29, 0.717) is 29.4 Å². The fourth-order valence-corrected chi connectivity index (χ4v) is 4.65. The van der Waals surface area contributed by atoms with Crippen LogP contribution < -0.4 is 27.3 Å². The summed E-state index contributed by atoms with van der Waals surface area (Å²) in [5.74, 6) is -0.0249. The predicted octanol–water partition coefficient (Wildman–Crippen LogP) is 1.88. The lowest BCUT2D eigenvalue weighted by Crippen LogP contribution is -2.50. The fourth-order valence-electron chi connectivity index (χ4n) is 4.65. The zero-order valence-corrected chi connectivity index (χ0v) is 18.8. The van der Waals surface area contributed by atoms with Crippen LogP contribution >= 0.6 is 0 Å². The minimum absolute atomic E-state index is 0.0118. The highest BCUT2D eigenvalue weighted by Gasteiger charge is 2.30. The molecular weight excluding hydrogens is 432 g/mol. The minimum atomic E-state index is -0.483. The van der Waals surface area contributed by atoms with Crippen LogP contribution in [0.2, 0.25) is 0 Å². The lowest BCUT2D eigenvalue weighted by Gasteiger charge is -2.16. The molecule has 2 aromatic carbocycles. The molecule has 1 fully saturated rings. The van der Waals surface area contributed by atoms with Gasteiger partial charge < -0.3 is 0 Å². The molecule has 34 heavy (non-hydrogen) atoms. The number of benzene rings is 2. The number of hydrogen-bond acceptors (Lipinski definition) is 6. The largest absolute Gasteiger partial charge is 0.296 e. The van der Waals surface area contributed by atoms with Crippen LogP contribution in [-0.2, 0) is 17.8 Å². The highest BCUT2D eigenvalue weighted by Crippen LogP contribution is 2.22. The number of aryl methyl sites for hydroxylation is 1. The Bertz CT molecular complexity index is 1270. The van der Waals surface area contributed by atoms with Gasteiger partial charge in [0.15, 0.2) is 0 Å². The van der Waals surface area contributed by atoms with Crippen molar-refractivity contribution in [2.75, 3.05) is 0 Å². The number of nitrogens with one attached hydrogen (secondary N) is 4. The quantitative estimate of drug-likeness (QED) is 0.444. The summed E-state index contributed by atoms with van der Waals surface area (Å²) in [5, 5.41) is 0.498. The Balaban J connectivity index is 1.25. The first-order valence-electron chi connectivity index (χ1n) is 11.8. The van der Waals surface area contributed by atoms with Crippen molar-refractivity contribution in [1.82, 2.24) is 31.3 Å². The van der Waals surface area contributed by atoms with Crippen LogP contribution in [0.3, 0.4) is 0 Å². The van der Waals surface area contributed by atoms with Crippen LogP contribution in [0.5, 0.6) is 0 Å². The summed E-state index contributed by atoms with van der Waals surface area (Å²) >= 11 is 0. The second kappa shape index (κ2) is 9.74. The number of carbonyl (C=O) groups excluding carboxylic acids is 2. The molecule has 2 atom stereocenters. The molecule has 2 amide bonds. The smallest absolute Gasteiger partial charge is 0.269 e. The van der Waals surface area contributed by atoms with Gasteiger partial charge in [0, 0.05) is 24.6 Å². The second-order valence-electron chi connectivity index (χ2n) is 8.86. The van der Waals surface area contributed by atoms with E-state index in [4.69, 9.17) is 4.98 Å². The molecule has 0 bridgehead atoms. The molecule has 2 aliphatic rings. The molecule has 0 spiro atoms. The number of aromatic nitrogens is 2. The predicted molar refractivity (Wildman–Crippen MR) is 128 cm³/mol. The van der Waals surface area contributed by atoms with E-state index in [-0.39, 0.29) is 17.5 Å². The van der Waals surface area contributed by atoms with Crippen LogP contribution in [0, 0.1) is 0 Å². The minimum Gasteiger partial charge on any atom is -0.296 e. The molecule has 0 saturated carbocycles. The van der Waals surface area contributed by atoms with Crippen molar-refractivity contribution in [3.8, 4) is 0 Å². The number of fused-ring (bicyclic) bond motifs is 2. The number of amides is 2. The van der Waals surface area contributed by atoms with E-state index in [9.17, 15) is 14.4 Å². The molecular formula is C25H28N6O3. The SMILES string of the molecule is O=C(NNC(=O)C1CC(c2ccccc2)NN1)c1ccc2c(=O)n3c(nc2c1)CCCCCC3. The molecule has 2 unspecified atom stereocenters. The maximum absolute atomic E-state index is 13.0. The van der Waals surface area contributed by atoms with E-state index >= 15 is 0 Å². The summed E-state index contributed by atoms with van der Waals surface area (Å²) in [6.45, 7) is 0.681. The number of hydrogen-bond donors (Lipinski definition) is 4. The van der Waals surface area contributed by atoms with Crippen LogP contribution in [-0.4, -0.2) is 27.4 Å². The van der Waals surface area contributed by atoms with E-state index < -0.39 is 11.9 Å². The maximum Gasteiger partial charge on any atom is 0.269 e. The van der Waals surface area contributed by atoms with E-state index in [1.54, 1.807) is 22.8 Å². The fraction of sp³-hybridized carbons (Fsp3) is 0.360. The summed E-state index contributed by atoms with van der Waals surface area (Å²) in [6.07, 6.45) is 5.53. The van der Waals surface area contributed by atoms with Gasteiger partial charge >= 0.3 is 0 Å². The molecule has 4 N–H and O–H groups in total. The molecule has 9 heteroatoms. The molecule has 5 rings (SSSR count). The normalized spacial score (nSPS) is 20.2. The summed E-state index contributed by atoms with van der Waals surface area (Å²) < 4.78 is 1.77. The van der Waals surface area contributed by atoms with Gasteiger partial charge in [0.25, 0.3) is 17.4 Å². The zero-order valence-electron chi connectivity index (χ0n) is 18.8. The Kier molecular flexibility index (Phi) is 6.37. The first kappa shape index (κ1) is 22.2. The van der Waals surface area contributed by atoms with Crippen molar-refractivity contribution in [3.63, 3.8) is 0 Å². The lowest BCUT2D eigenvalue weighted by atomic mass is 10.0. The molecule has 0 aliphatic carbocycles. The molecule has 176 valence electrons. The molecule has 3 heterocycles. The van der Waals surface area contributed by atoms with Crippen molar-refractivity contribution in [2.24, 2.45) is 0 Å². The van der Waals surface area contributed by atoms with E-state index in [0.717, 1.165) is 43.5 Å². The first-order valence-corrected chi connectivity index (χ1v) is 11.8. The Hall–Kier alpha value is -3.56. The standard InChI is InChI=1S/C25H28N6O3/c32-23(29-30-24(33)21-15-19(27-28-21)16-8-4-3-5-9-16)17-11-12-18-20(14-17)26-22-10-6-1-2-7-13-31(22)25(18)34/h3-5,8-9,11-12,14,19,21,27-28H,1-2,6-7,10,13,15H2,(H,29,32)(H,30,33). The number of hydrazine groups is 2. The van der Waals surface area contributed by atoms with Crippen molar-refractivity contribution >= 4 is 22.7 Å². The zero-order chi connectivity index (χ0) is 23.5. The van der Waals surface area contributed by atoms with E-state index in [1.807, 2.05) is 30.3 Å². The van der Waals surface area contributed by atoms with Crippen LogP contribution in [0.1, 0.15) is 59.9 Å². The Morgan fingerprint density at radius 3 is 2.65 bits per heavy atom. The van der Waals surface area contributed by atoms with Gasteiger partial charge in [-0.1, -0.05) is 43.2 Å². The van der Waals surface area contributed by atoms with Crippen molar-refractivity contribution in [1.29, 1.82) is 0 Å². The Labute approximate surface area is 196 Å². The average Bonchev–Trinajstić information content (AvgIpc) is 3.34. The number of carbonyl (C=O) groups is 2. The molecule has 1 aromatic heterocycles. The van der Waals surface area contributed by atoms with Gasteiger partial charge in [0.2, 0.25) is 0 Å². The number of rotatable bonds is 3. The van der Waals surface area contributed by atoms with Crippen molar-refractivity contribution in [3.05, 3.63) is 75.8 Å². The Morgan fingerprint density at radius 2 is 1.79 bits per heavy atom. The van der Waals surface area contributed by atoms with Crippen molar-refractivity contribution in [2.45, 2.75) is 57.2 Å². The van der Waals surface area contributed by atoms with Gasteiger partial charge in [0.1, 0.15) is 11.9 Å². The first-order chi connectivity index (χ1) is 16.6. The highest BCUT2D eigenvalue weighted by molar-refractivity contribution is 5.98. The average molecular weight is 461 g/mol. The van der Waals surface area contributed by atoms with E-state index in [1.165, 1.54) is 0 Å². The maximum atomic E-state index is 13.0. The summed E-state index contributed by atoms with van der Waals surface area (Å²) in [6, 6.07) is 14.2. The third-order valence-corrected chi connectivity index (χ3v) is 6.55. The second-order valence-corrected chi connectivity index (χ2v) is 8.86. The van der Waals surface area contributed by atoms with Crippen LogP contribution in [0.4, 0.5) is 0 Å². The molecule has 3 aromatic rings. The van der Waals surface area contributed by atoms with E-state index in [2.05, 4.69) is 21.7 Å². The van der Waals surface area contributed by atoms with Crippen molar-refractivity contribution < 1.29 is 9.59 Å². The van der Waals surface area contributed by atoms with Gasteiger partial charge in [0.05, 0.1) is 10.9 Å².